The van der Waals surface area contributed by atoms with Crippen molar-refractivity contribution in [1.29, 1.82) is 0 Å². The predicted octanol–water partition coefficient (Wildman–Crippen LogP) is 5.66. The number of benzene rings is 2. The van der Waals surface area contributed by atoms with E-state index in [1.165, 1.54) is 6.07 Å². The van der Waals surface area contributed by atoms with Crippen LogP contribution in [0, 0.1) is 5.82 Å². The molecule has 1 aliphatic heterocycles. The summed E-state index contributed by atoms with van der Waals surface area (Å²) >= 11 is 5.62. The largest absolute Gasteiger partial charge is 0.459 e. The summed E-state index contributed by atoms with van der Waals surface area (Å²) in [5, 5.41) is 3.74. The second-order valence-electron chi connectivity index (χ2n) is 7.02. The molecule has 1 N–H and O–H groups in total. The molecule has 5 rings (SSSR count). The van der Waals surface area contributed by atoms with Gasteiger partial charge in [-0.05, 0) is 48.6 Å². The molecule has 2 aromatic carbocycles. The van der Waals surface area contributed by atoms with E-state index in [0.29, 0.717) is 16.6 Å². The summed E-state index contributed by atoms with van der Waals surface area (Å²) in [5.41, 5.74) is 2.18. The molecule has 4 nitrogen and oxygen atoms in total. The Morgan fingerprint density at radius 1 is 0.900 bits per heavy atom. The van der Waals surface area contributed by atoms with Crippen LogP contribution in [0.4, 0.5) is 10.1 Å². The molecular weight excluding hydrogens is 397 g/mol. The van der Waals surface area contributed by atoms with E-state index < -0.39 is 0 Å². The number of nitrogens with one attached hydrogen (secondary N) is 1. The van der Waals surface area contributed by atoms with Crippen LogP contribution in [-0.2, 0) is 0 Å². The van der Waals surface area contributed by atoms with Crippen molar-refractivity contribution in [2.24, 2.45) is 0 Å². The van der Waals surface area contributed by atoms with Crippen LogP contribution < -0.4 is 10.2 Å². The van der Waals surface area contributed by atoms with Crippen molar-refractivity contribution >= 4 is 23.0 Å². The number of pyridine rings is 1. The Kier molecular flexibility index (Phi) is 4.77. The van der Waals surface area contributed by atoms with Crippen molar-refractivity contribution in [3.05, 3.63) is 108 Å². The van der Waals surface area contributed by atoms with Crippen molar-refractivity contribution in [3.8, 4) is 11.3 Å². The van der Waals surface area contributed by atoms with Gasteiger partial charge >= 0.3 is 0 Å². The zero-order valence-corrected chi connectivity index (χ0v) is 16.7. The van der Waals surface area contributed by atoms with Crippen LogP contribution in [0.1, 0.15) is 23.5 Å². The molecule has 148 valence electrons. The second-order valence-corrected chi connectivity index (χ2v) is 7.40. The lowest BCUT2D eigenvalue weighted by molar-refractivity contribution is 0.438. The fourth-order valence-corrected chi connectivity index (χ4v) is 4.16. The number of furan rings is 1. The first-order chi connectivity index (χ1) is 14.7. The van der Waals surface area contributed by atoms with Crippen molar-refractivity contribution in [2.45, 2.75) is 12.1 Å². The first kappa shape index (κ1) is 18.5. The van der Waals surface area contributed by atoms with Crippen molar-refractivity contribution in [3.63, 3.8) is 0 Å². The molecule has 0 bridgehead atoms. The Morgan fingerprint density at radius 3 is 2.43 bits per heavy atom. The number of thiocarbonyl (C=S) groups is 1. The summed E-state index contributed by atoms with van der Waals surface area (Å²) in [5.74, 6) is 1.08. The molecule has 1 fully saturated rings. The normalized spacial score (nSPS) is 18.4. The maximum atomic E-state index is 14.7. The molecule has 0 spiro atoms. The lowest BCUT2D eigenvalue weighted by atomic mass is 10.0. The van der Waals surface area contributed by atoms with Gasteiger partial charge in [0.2, 0.25) is 0 Å². The number of anilines is 1. The van der Waals surface area contributed by atoms with Gasteiger partial charge in [0.1, 0.15) is 23.4 Å². The van der Waals surface area contributed by atoms with Crippen molar-refractivity contribution < 1.29 is 8.81 Å². The first-order valence-electron chi connectivity index (χ1n) is 9.63. The van der Waals surface area contributed by atoms with Gasteiger partial charge in [-0.3, -0.25) is 4.98 Å². The highest BCUT2D eigenvalue weighted by Crippen LogP contribution is 2.43. The molecule has 6 heteroatoms. The number of nitrogens with zero attached hydrogens (tertiary/aromatic N) is 2. The summed E-state index contributed by atoms with van der Waals surface area (Å²) in [6, 6.07) is 25.4. The van der Waals surface area contributed by atoms with E-state index in [1.807, 2.05) is 60.7 Å². The van der Waals surface area contributed by atoms with E-state index in [2.05, 4.69) is 10.3 Å². The topological polar surface area (TPSA) is 41.3 Å². The van der Waals surface area contributed by atoms with E-state index in [4.69, 9.17) is 16.6 Å². The lowest BCUT2D eigenvalue weighted by Crippen LogP contribution is -2.30. The van der Waals surface area contributed by atoms with E-state index in [1.54, 1.807) is 29.3 Å². The van der Waals surface area contributed by atoms with Gasteiger partial charge in [-0.1, -0.05) is 48.5 Å². The highest BCUT2D eigenvalue weighted by Gasteiger charge is 2.43. The molecule has 2 atom stereocenters. The van der Waals surface area contributed by atoms with Gasteiger partial charge in [-0.15, -0.1) is 0 Å². The van der Waals surface area contributed by atoms with Crippen LogP contribution in [0.5, 0.6) is 0 Å². The van der Waals surface area contributed by atoms with E-state index >= 15 is 0 Å². The third-order valence-electron chi connectivity index (χ3n) is 5.19. The Morgan fingerprint density at radius 2 is 1.67 bits per heavy atom. The minimum Gasteiger partial charge on any atom is -0.459 e. The molecule has 30 heavy (non-hydrogen) atoms. The molecule has 0 unspecified atom stereocenters. The molecule has 4 aromatic rings. The van der Waals surface area contributed by atoms with Crippen molar-refractivity contribution in [2.75, 3.05) is 4.90 Å². The van der Waals surface area contributed by atoms with E-state index in [-0.39, 0.29) is 17.9 Å². The Labute approximate surface area is 179 Å². The number of aromatic nitrogens is 1. The number of halogens is 1. The zero-order valence-electron chi connectivity index (χ0n) is 15.9. The molecule has 0 amide bonds. The summed E-state index contributed by atoms with van der Waals surface area (Å²) in [6.45, 7) is 0. The fraction of sp³-hybridized carbons (Fsp3) is 0.0833. The molecule has 1 aliphatic rings. The average Bonchev–Trinajstić information content (AvgIpc) is 3.40. The van der Waals surface area contributed by atoms with Crippen molar-refractivity contribution in [1.82, 2.24) is 10.3 Å². The SMILES string of the molecule is Fc1ccccc1N1C(=S)N[C@@H](c2ccccn2)[C@H]1c1ccc(-c2ccccc2)o1. The van der Waals surface area contributed by atoms with E-state index in [9.17, 15) is 4.39 Å². The van der Waals surface area contributed by atoms with Crippen LogP contribution >= 0.6 is 12.2 Å². The maximum Gasteiger partial charge on any atom is 0.174 e. The molecule has 0 aliphatic carbocycles. The molecule has 0 radical (unpaired) electrons. The van der Waals surface area contributed by atoms with Crippen LogP contribution in [0.25, 0.3) is 11.3 Å². The van der Waals surface area contributed by atoms with E-state index in [0.717, 1.165) is 17.0 Å². The number of hydrogen-bond acceptors (Lipinski definition) is 3. The molecular formula is C24H18FN3OS. The smallest absolute Gasteiger partial charge is 0.174 e. The quantitative estimate of drug-likeness (QED) is 0.436. The highest BCUT2D eigenvalue weighted by molar-refractivity contribution is 7.80. The summed E-state index contributed by atoms with van der Waals surface area (Å²) in [6.07, 6.45) is 1.74. The van der Waals surface area contributed by atoms with Gasteiger partial charge in [0.05, 0.1) is 17.4 Å². The molecule has 0 saturated carbocycles. The van der Waals surface area contributed by atoms with Gasteiger partial charge in [0, 0.05) is 11.8 Å². The molecule has 2 aromatic heterocycles. The second kappa shape index (κ2) is 7.72. The number of hydrogen-bond donors (Lipinski definition) is 1. The minimum absolute atomic E-state index is 0.284. The predicted molar refractivity (Wildman–Crippen MR) is 118 cm³/mol. The third-order valence-corrected chi connectivity index (χ3v) is 5.50. The Hall–Kier alpha value is -3.51. The lowest BCUT2D eigenvalue weighted by Gasteiger charge is -2.26. The van der Waals surface area contributed by atoms with Crippen LogP contribution in [0.3, 0.4) is 0 Å². The molecule has 3 heterocycles. The van der Waals surface area contributed by atoms with Gasteiger partial charge in [-0.25, -0.2) is 4.39 Å². The summed E-state index contributed by atoms with van der Waals surface area (Å²) in [4.78, 5) is 6.28. The summed E-state index contributed by atoms with van der Waals surface area (Å²) in [7, 11) is 0. The standard InChI is InChI=1S/C24H18FN3OS/c25-17-10-4-5-12-19(17)28-23(22(27-24(28)30)18-11-6-7-15-26-18)21-14-13-20(29-21)16-8-2-1-3-9-16/h1-15,22-23H,(H,27,30)/t22-,23+/m0/s1. The fourth-order valence-electron chi connectivity index (χ4n) is 3.82. The van der Waals surface area contributed by atoms with Crippen LogP contribution in [0.2, 0.25) is 0 Å². The van der Waals surface area contributed by atoms with Crippen LogP contribution in [-0.4, -0.2) is 10.1 Å². The maximum absolute atomic E-state index is 14.7. The van der Waals surface area contributed by atoms with Gasteiger partial charge < -0.3 is 14.6 Å². The Bertz CT molecular complexity index is 1180. The summed E-state index contributed by atoms with van der Waals surface area (Å²) < 4.78 is 21.0. The number of rotatable bonds is 4. The third kappa shape index (κ3) is 3.25. The van der Waals surface area contributed by atoms with Gasteiger partial charge in [0.25, 0.3) is 0 Å². The number of para-hydroxylation sites is 1. The highest BCUT2D eigenvalue weighted by atomic mass is 32.1. The monoisotopic (exact) mass is 415 g/mol. The van der Waals surface area contributed by atoms with Gasteiger partial charge in [0.15, 0.2) is 5.11 Å². The average molecular weight is 415 g/mol. The van der Waals surface area contributed by atoms with Crippen LogP contribution in [0.15, 0.2) is 95.5 Å². The molecule has 1 saturated heterocycles. The Balaban J connectivity index is 1.62. The first-order valence-corrected chi connectivity index (χ1v) is 10.0. The minimum atomic E-state index is -0.387. The zero-order chi connectivity index (χ0) is 20.5. The van der Waals surface area contributed by atoms with Gasteiger partial charge in [-0.2, -0.15) is 0 Å².